The minimum Gasteiger partial charge on any atom is -0.481 e. The maximum atomic E-state index is 11.9. The first-order chi connectivity index (χ1) is 8.56. The molecule has 0 saturated heterocycles. The van der Waals surface area contributed by atoms with E-state index in [4.69, 9.17) is 10.5 Å². The van der Waals surface area contributed by atoms with Crippen LogP contribution in [0.25, 0.3) is 0 Å². The number of nitrogens with two attached hydrogens (primary N) is 1. The summed E-state index contributed by atoms with van der Waals surface area (Å²) >= 11 is 0. The highest BCUT2D eigenvalue weighted by atomic mass is 16.5. The van der Waals surface area contributed by atoms with E-state index in [9.17, 15) is 9.59 Å². The van der Waals surface area contributed by atoms with Gasteiger partial charge in [0.25, 0.3) is 5.91 Å². The Hall–Kier alpha value is -2.24. The Morgan fingerprint density at radius 1 is 1.56 bits per heavy atom. The number of hydrogen-bond acceptors (Lipinski definition) is 5. The molecule has 0 bridgehead atoms. The van der Waals surface area contributed by atoms with E-state index >= 15 is 0 Å². The maximum Gasteiger partial charge on any atom is 0.328 e. The molecule has 0 fully saturated rings. The highest BCUT2D eigenvalue weighted by molar-refractivity contribution is 6.05. The van der Waals surface area contributed by atoms with E-state index in [0.717, 1.165) is 0 Å². The van der Waals surface area contributed by atoms with E-state index in [1.165, 1.54) is 12.0 Å². The monoisotopic (exact) mass is 250 g/mol. The molecule has 0 spiro atoms. The lowest BCUT2D eigenvalue weighted by Crippen LogP contribution is -2.48. The fraction of sp³-hybridized carbons (Fsp3) is 0.333. The number of nitrogen functional groups attached to an aromatic ring is 1. The number of amides is 1. The summed E-state index contributed by atoms with van der Waals surface area (Å²) in [6.45, 7) is 1.48. The molecular formula is C12H14N2O4. The molecule has 18 heavy (non-hydrogen) atoms. The van der Waals surface area contributed by atoms with Crippen molar-refractivity contribution >= 4 is 23.3 Å². The molecule has 0 saturated carbocycles. The number of nitrogens with zero attached hydrogens (tertiary/aromatic N) is 1. The molecule has 1 atom stereocenters. The van der Waals surface area contributed by atoms with E-state index in [1.807, 2.05) is 0 Å². The van der Waals surface area contributed by atoms with Crippen LogP contribution in [0.4, 0.5) is 11.4 Å². The van der Waals surface area contributed by atoms with E-state index in [-0.39, 0.29) is 12.5 Å². The normalized spacial score (nSPS) is 15.7. The van der Waals surface area contributed by atoms with Gasteiger partial charge in [-0.25, -0.2) is 4.79 Å². The van der Waals surface area contributed by atoms with Crippen LogP contribution in [0.5, 0.6) is 5.75 Å². The Morgan fingerprint density at radius 3 is 2.94 bits per heavy atom. The molecular weight excluding hydrogens is 236 g/mol. The predicted octanol–water partition coefficient (Wildman–Crippen LogP) is 0.556. The summed E-state index contributed by atoms with van der Waals surface area (Å²) in [6.07, 6.45) is 0. The fourth-order valence-electron chi connectivity index (χ4n) is 1.93. The largest absolute Gasteiger partial charge is 0.481 e. The predicted molar refractivity (Wildman–Crippen MR) is 65.3 cm³/mol. The number of ether oxygens (including phenoxy) is 2. The van der Waals surface area contributed by atoms with Crippen molar-refractivity contribution in [3.63, 3.8) is 0 Å². The van der Waals surface area contributed by atoms with Crippen LogP contribution in [0, 0.1) is 0 Å². The third-order valence-electron chi connectivity index (χ3n) is 2.82. The Balaban J connectivity index is 2.48. The molecule has 96 valence electrons. The molecule has 6 nitrogen and oxygen atoms in total. The summed E-state index contributed by atoms with van der Waals surface area (Å²) in [4.78, 5) is 24.8. The molecule has 2 N–H and O–H groups in total. The van der Waals surface area contributed by atoms with Crippen molar-refractivity contribution < 1.29 is 19.1 Å². The molecule has 1 unspecified atom stereocenters. The molecule has 1 amide bonds. The third kappa shape index (κ3) is 1.85. The van der Waals surface area contributed by atoms with E-state index in [2.05, 4.69) is 4.74 Å². The lowest BCUT2D eigenvalue weighted by Gasteiger charge is -2.33. The Morgan fingerprint density at radius 2 is 2.28 bits per heavy atom. The van der Waals surface area contributed by atoms with Gasteiger partial charge in [-0.05, 0) is 19.1 Å². The highest BCUT2D eigenvalue weighted by Gasteiger charge is 2.34. The number of methoxy groups -OCH3 is 1. The standard InChI is InChI=1S/C12H14N2O4/c1-7(12(16)17-2)14-10(15)6-18-9-5-3-4-8(13)11(9)14/h3-5,7H,6,13H2,1-2H3. The summed E-state index contributed by atoms with van der Waals surface area (Å²) in [7, 11) is 1.28. The van der Waals surface area contributed by atoms with Crippen LogP contribution in [0.15, 0.2) is 18.2 Å². The molecule has 1 aromatic carbocycles. The van der Waals surface area contributed by atoms with Gasteiger partial charge in [-0.3, -0.25) is 9.69 Å². The first kappa shape index (κ1) is 12.2. The lowest BCUT2D eigenvalue weighted by molar-refractivity contribution is -0.143. The maximum absolute atomic E-state index is 11.9. The highest BCUT2D eigenvalue weighted by Crippen LogP contribution is 2.38. The summed E-state index contributed by atoms with van der Waals surface area (Å²) in [6, 6.07) is 4.34. The number of para-hydroxylation sites is 1. The second-order valence-electron chi connectivity index (χ2n) is 3.95. The summed E-state index contributed by atoms with van der Waals surface area (Å²) in [5.41, 5.74) is 6.66. The smallest absolute Gasteiger partial charge is 0.328 e. The van der Waals surface area contributed by atoms with E-state index < -0.39 is 12.0 Å². The van der Waals surface area contributed by atoms with Crippen LogP contribution in [-0.2, 0) is 14.3 Å². The zero-order valence-electron chi connectivity index (χ0n) is 10.2. The average Bonchev–Trinajstić information content (AvgIpc) is 2.38. The molecule has 0 radical (unpaired) electrons. The number of carbonyl (C=O) groups excluding carboxylic acids is 2. The molecule has 1 aliphatic rings. The molecule has 2 rings (SSSR count). The SMILES string of the molecule is COC(=O)C(C)N1C(=O)COc2cccc(N)c21. The van der Waals surface area contributed by atoms with Gasteiger partial charge < -0.3 is 15.2 Å². The topological polar surface area (TPSA) is 81.9 Å². The van der Waals surface area contributed by atoms with Gasteiger partial charge in [-0.15, -0.1) is 0 Å². The van der Waals surface area contributed by atoms with Crippen molar-refractivity contribution in [2.24, 2.45) is 0 Å². The quantitative estimate of drug-likeness (QED) is 0.612. The number of carbonyl (C=O) groups is 2. The fourth-order valence-corrected chi connectivity index (χ4v) is 1.93. The van der Waals surface area contributed by atoms with Crippen LogP contribution in [0.3, 0.4) is 0 Å². The van der Waals surface area contributed by atoms with Gasteiger partial charge in [0, 0.05) is 0 Å². The Kier molecular flexibility index (Phi) is 3.10. The van der Waals surface area contributed by atoms with Crippen molar-refractivity contribution in [3.8, 4) is 5.75 Å². The van der Waals surface area contributed by atoms with Gasteiger partial charge in [-0.2, -0.15) is 0 Å². The van der Waals surface area contributed by atoms with Gasteiger partial charge >= 0.3 is 5.97 Å². The molecule has 1 aliphatic heterocycles. The number of hydrogen-bond donors (Lipinski definition) is 1. The number of benzene rings is 1. The number of rotatable bonds is 2. The van der Waals surface area contributed by atoms with E-state index in [0.29, 0.717) is 17.1 Å². The second-order valence-corrected chi connectivity index (χ2v) is 3.95. The van der Waals surface area contributed by atoms with Crippen LogP contribution in [0.1, 0.15) is 6.92 Å². The number of anilines is 2. The van der Waals surface area contributed by atoms with Gasteiger partial charge in [0.15, 0.2) is 6.61 Å². The molecule has 0 aromatic heterocycles. The van der Waals surface area contributed by atoms with Crippen LogP contribution in [0.2, 0.25) is 0 Å². The van der Waals surface area contributed by atoms with Crippen molar-refractivity contribution in [3.05, 3.63) is 18.2 Å². The second kappa shape index (κ2) is 4.56. The zero-order chi connectivity index (χ0) is 13.3. The summed E-state index contributed by atoms with van der Waals surface area (Å²) in [5, 5.41) is 0. The molecule has 1 aromatic rings. The van der Waals surface area contributed by atoms with Gasteiger partial charge in [0.2, 0.25) is 0 Å². The van der Waals surface area contributed by atoms with Crippen LogP contribution < -0.4 is 15.4 Å². The van der Waals surface area contributed by atoms with Crippen molar-refractivity contribution in [2.75, 3.05) is 24.4 Å². The third-order valence-corrected chi connectivity index (χ3v) is 2.82. The van der Waals surface area contributed by atoms with Crippen LogP contribution >= 0.6 is 0 Å². The molecule has 0 aliphatic carbocycles. The Labute approximate surface area is 104 Å². The van der Waals surface area contributed by atoms with E-state index in [1.54, 1.807) is 25.1 Å². The number of esters is 1. The first-order valence-corrected chi connectivity index (χ1v) is 5.47. The molecule has 6 heteroatoms. The van der Waals surface area contributed by atoms with Crippen molar-refractivity contribution in [1.82, 2.24) is 0 Å². The lowest BCUT2D eigenvalue weighted by atomic mass is 10.1. The first-order valence-electron chi connectivity index (χ1n) is 5.47. The van der Waals surface area contributed by atoms with Crippen molar-refractivity contribution in [2.45, 2.75) is 13.0 Å². The van der Waals surface area contributed by atoms with Crippen LogP contribution in [-0.4, -0.2) is 31.6 Å². The zero-order valence-corrected chi connectivity index (χ0v) is 10.2. The Bertz CT molecular complexity index is 501. The average molecular weight is 250 g/mol. The summed E-state index contributed by atoms with van der Waals surface area (Å²) < 4.78 is 9.94. The minimum absolute atomic E-state index is 0.113. The molecule has 1 heterocycles. The van der Waals surface area contributed by atoms with Crippen molar-refractivity contribution in [1.29, 1.82) is 0 Å². The van der Waals surface area contributed by atoms with Gasteiger partial charge in [0.05, 0.1) is 12.8 Å². The van der Waals surface area contributed by atoms with Gasteiger partial charge in [-0.1, -0.05) is 6.07 Å². The van der Waals surface area contributed by atoms with Gasteiger partial charge in [0.1, 0.15) is 17.5 Å². The summed E-state index contributed by atoms with van der Waals surface area (Å²) in [5.74, 6) is -0.330. The minimum atomic E-state index is -0.741. The number of fused-ring (bicyclic) bond motifs is 1.